The Hall–Kier alpha value is -1.69. The van der Waals surface area contributed by atoms with E-state index >= 15 is 0 Å². The van der Waals surface area contributed by atoms with Gasteiger partial charge in [0.15, 0.2) is 0 Å². The van der Waals surface area contributed by atoms with Crippen molar-refractivity contribution in [3.63, 3.8) is 0 Å². The van der Waals surface area contributed by atoms with Gasteiger partial charge in [-0.3, -0.25) is 0 Å². The normalized spacial score (nSPS) is 10.2. The maximum absolute atomic E-state index is 11.2. The number of thiophene rings is 1. The average molecular weight is 224 g/mol. The zero-order chi connectivity index (χ0) is 10.7. The monoisotopic (exact) mass is 224 g/mol. The summed E-state index contributed by atoms with van der Waals surface area (Å²) in [5.41, 5.74) is 0.808. The summed E-state index contributed by atoms with van der Waals surface area (Å²) < 4.78 is 9.88. The Morgan fingerprint density at radius 3 is 3.13 bits per heavy atom. The second-order valence-electron chi connectivity index (χ2n) is 2.64. The van der Waals surface area contributed by atoms with Crippen LogP contribution in [0.15, 0.2) is 21.2 Å². The molecule has 0 spiro atoms. The van der Waals surface area contributed by atoms with E-state index in [0.29, 0.717) is 5.89 Å². The molecule has 78 valence electrons. The Labute approximate surface area is 89.7 Å². The Balaban J connectivity index is 2.21. The molecule has 0 aliphatic heterocycles. The number of esters is 1. The van der Waals surface area contributed by atoms with Crippen LogP contribution < -0.4 is 0 Å². The molecule has 0 fully saturated rings. The fourth-order valence-electron chi connectivity index (χ4n) is 1.00. The lowest BCUT2D eigenvalue weighted by Gasteiger charge is -1.93. The maximum Gasteiger partial charge on any atom is 0.396 e. The van der Waals surface area contributed by atoms with Crippen LogP contribution in [0.25, 0.3) is 11.5 Å². The van der Waals surface area contributed by atoms with E-state index in [1.807, 2.05) is 16.8 Å². The number of hydrogen-bond donors (Lipinski definition) is 0. The Morgan fingerprint density at radius 2 is 2.47 bits per heavy atom. The number of carbonyl (C=O) groups excluding carboxylic acids is 1. The van der Waals surface area contributed by atoms with E-state index in [4.69, 9.17) is 9.15 Å². The molecule has 2 aromatic heterocycles. The van der Waals surface area contributed by atoms with Crippen molar-refractivity contribution in [2.24, 2.45) is 0 Å². The molecular formula is C9H8N2O3S. The molecule has 0 amide bonds. The highest BCUT2D eigenvalue weighted by molar-refractivity contribution is 7.08. The van der Waals surface area contributed by atoms with Crippen molar-refractivity contribution in [1.82, 2.24) is 10.2 Å². The molecule has 6 heteroatoms. The second kappa shape index (κ2) is 4.22. The van der Waals surface area contributed by atoms with Gasteiger partial charge in [-0.1, -0.05) is 0 Å². The summed E-state index contributed by atoms with van der Waals surface area (Å²) in [4.78, 5) is 11.2. The standard InChI is InChI=1S/C9H8N2O3S/c1-2-13-9(12)8-11-10-7(14-8)6-3-4-15-5-6/h3-5H,2H2,1H3. The summed E-state index contributed by atoms with van der Waals surface area (Å²) in [6.07, 6.45) is 0. The van der Waals surface area contributed by atoms with Crippen LogP contribution in [0.5, 0.6) is 0 Å². The molecular weight excluding hydrogens is 216 g/mol. The van der Waals surface area contributed by atoms with Crippen molar-refractivity contribution in [2.75, 3.05) is 6.61 Å². The molecule has 0 unspecified atom stereocenters. The molecule has 0 aromatic carbocycles. The molecule has 0 atom stereocenters. The third-order valence-corrected chi connectivity index (χ3v) is 2.33. The third kappa shape index (κ3) is 2.04. The topological polar surface area (TPSA) is 65.2 Å². The van der Waals surface area contributed by atoms with E-state index < -0.39 is 5.97 Å². The fraction of sp³-hybridized carbons (Fsp3) is 0.222. The van der Waals surface area contributed by atoms with Crippen molar-refractivity contribution in [3.05, 3.63) is 22.7 Å². The summed E-state index contributed by atoms with van der Waals surface area (Å²) in [6, 6.07) is 1.84. The Morgan fingerprint density at radius 1 is 1.60 bits per heavy atom. The number of hydrogen-bond acceptors (Lipinski definition) is 6. The van der Waals surface area contributed by atoms with E-state index in [2.05, 4.69) is 10.2 Å². The van der Waals surface area contributed by atoms with Gasteiger partial charge >= 0.3 is 11.9 Å². The first-order valence-corrected chi connectivity index (χ1v) is 5.28. The summed E-state index contributed by atoms with van der Waals surface area (Å²) in [5, 5.41) is 11.1. The molecule has 0 saturated carbocycles. The van der Waals surface area contributed by atoms with Crippen LogP contribution >= 0.6 is 11.3 Å². The fourth-order valence-corrected chi connectivity index (χ4v) is 1.63. The SMILES string of the molecule is CCOC(=O)c1nnc(-c2ccsc2)o1. The van der Waals surface area contributed by atoms with Gasteiger partial charge in [-0.25, -0.2) is 4.79 Å². The van der Waals surface area contributed by atoms with Crippen molar-refractivity contribution in [2.45, 2.75) is 6.92 Å². The molecule has 5 nitrogen and oxygen atoms in total. The van der Waals surface area contributed by atoms with Crippen molar-refractivity contribution in [1.29, 1.82) is 0 Å². The van der Waals surface area contributed by atoms with Crippen LogP contribution in [0, 0.1) is 0 Å². The summed E-state index contributed by atoms with van der Waals surface area (Å²) in [5.74, 6) is -0.371. The predicted octanol–water partition coefficient (Wildman–Crippen LogP) is 1.97. The number of carbonyl (C=O) groups is 1. The second-order valence-corrected chi connectivity index (χ2v) is 3.42. The number of rotatable bonds is 3. The minimum Gasteiger partial charge on any atom is -0.459 e. The van der Waals surface area contributed by atoms with Crippen LogP contribution in [0.2, 0.25) is 0 Å². The summed E-state index contributed by atoms with van der Waals surface area (Å²) in [6.45, 7) is 2.00. The van der Waals surface area contributed by atoms with Gasteiger partial charge in [0, 0.05) is 10.9 Å². The van der Waals surface area contributed by atoms with E-state index in [-0.39, 0.29) is 12.5 Å². The summed E-state index contributed by atoms with van der Waals surface area (Å²) in [7, 11) is 0. The van der Waals surface area contributed by atoms with Gasteiger partial charge in [0.25, 0.3) is 0 Å². The molecule has 0 N–H and O–H groups in total. The zero-order valence-corrected chi connectivity index (χ0v) is 8.78. The van der Waals surface area contributed by atoms with E-state index in [1.165, 1.54) is 11.3 Å². The van der Waals surface area contributed by atoms with Crippen molar-refractivity contribution < 1.29 is 13.9 Å². The van der Waals surface area contributed by atoms with Gasteiger partial charge < -0.3 is 9.15 Å². The van der Waals surface area contributed by atoms with Crippen LogP contribution in [0.4, 0.5) is 0 Å². The molecule has 2 aromatic rings. The van der Waals surface area contributed by atoms with Gasteiger partial charge in [-0.15, -0.1) is 10.2 Å². The molecule has 0 radical (unpaired) electrons. The predicted molar refractivity (Wildman–Crippen MR) is 53.6 cm³/mol. The quantitative estimate of drug-likeness (QED) is 0.746. The highest BCUT2D eigenvalue weighted by atomic mass is 32.1. The molecule has 0 saturated heterocycles. The van der Waals surface area contributed by atoms with Crippen LogP contribution in [0.3, 0.4) is 0 Å². The molecule has 2 heterocycles. The highest BCUT2D eigenvalue weighted by Crippen LogP contribution is 2.20. The van der Waals surface area contributed by atoms with Crippen molar-refractivity contribution >= 4 is 17.3 Å². The van der Waals surface area contributed by atoms with Crippen LogP contribution in [-0.4, -0.2) is 22.8 Å². The van der Waals surface area contributed by atoms with Gasteiger partial charge in [0.2, 0.25) is 5.89 Å². The minimum atomic E-state index is -0.591. The van der Waals surface area contributed by atoms with Gasteiger partial charge in [0.05, 0.1) is 6.61 Å². The lowest BCUT2D eigenvalue weighted by atomic mass is 10.3. The van der Waals surface area contributed by atoms with E-state index in [9.17, 15) is 4.79 Å². The third-order valence-electron chi connectivity index (χ3n) is 1.64. The van der Waals surface area contributed by atoms with Crippen molar-refractivity contribution in [3.8, 4) is 11.5 Å². The van der Waals surface area contributed by atoms with Gasteiger partial charge in [-0.05, 0) is 18.4 Å². The van der Waals surface area contributed by atoms with E-state index in [0.717, 1.165) is 5.56 Å². The average Bonchev–Trinajstić information content (AvgIpc) is 2.89. The lowest BCUT2D eigenvalue weighted by Crippen LogP contribution is -2.04. The highest BCUT2D eigenvalue weighted by Gasteiger charge is 2.16. The number of aromatic nitrogens is 2. The zero-order valence-electron chi connectivity index (χ0n) is 7.97. The first-order chi connectivity index (χ1) is 7.31. The number of nitrogens with zero attached hydrogens (tertiary/aromatic N) is 2. The summed E-state index contributed by atoms with van der Waals surface area (Å²) >= 11 is 1.52. The molecule has 0 aliphatic carbocycles. The minimum absolute atomic E-state index is 0.113. The first kappa shape index (κ1) is 9.85. The molecule has 15 heavy (non-hydrogen) atoms. The molecule has 0 aliphatic rings. The van der Waals surface area contributed by atoms with Crippen LogP contribution in [-0.2, 0) is 4.74 Å². The Kier molecular flexibility index (Phi) is 2.77. The maximum atomic E-state index is 11.2. The number of ether oxygens (including phenoxy) is 1. The molecule has 0 bridgehead atoms. The lowest BCUT2D eigenvalue weighted by molar-refractivity contribution is 0.0481. The molecule has 2 rings (SSSR count). The van der Waals surface area contributed by atoms with Crippen LogP contribution in [0.1, 0.15) is 17.6 Å². The van der Waals surface area contributed by atoms with E-state index in [1.54, 1.807) is 6.92 Å². The largest absolute Gasteiger partial charge is 0.459 e. The van der Waals surface area contributed by atoms with Gasteiger partial charge in [0.1, 0.15) is 0 Å². The smallest absolute Gasteiger partial charge is 0.396 e. The first-order valence-electron chi connectivity index (χ1n) is 4.34. The Bertz CT molecular complexity index is 450. The van der Waals surface area contributed by atoms with Gasteiger partial charge in [-0.2, -0.15) is 11.3 Å².